The molecular formula is C12H7N5OS. The number of hydrogen-bond donors (Lipinski definition) is 1. The van der Waals surface area contributed by atoms with E-state index in [1.807, 2.05) is 11.4 Å². The maximum Gasteiger partial charge on any atom is 0.282 e. The zero-order valence-corrected chi connectivity index (χ0v) is 10.4. The number of nitrogens with one attached hydrogen (secondary N) is 1. The Kier molecular flexibility index (Phi) is 2.04. The molecule has 4 aromatic heterocycles. The Morgan fingerprint density at radius 3 is 2.95 bits per heavy atom. The van der Waals surface area contributed by atoms with Gasteiger partial charge in [-0.1, -0.05) is 0 Å². The van der Waals surface area contributed by atoms with Gasteiger partial charge in [0, 0.05) is 35.6 Å². The number of fused-ring (bicyclic) bond motifs is 3. The Morgan fingerprint density at radius 1 is 1.16 bits per heavy atom. The zero-order valence-electron chi connectivity index (χ0n) is 9.57. The molecule has 0 radical (unpaired) electrons. The van der Waals surface area contributed by atoms with Gasteiger partial charge < -0.3 is 0 Å². The van der Waals surface area contributed by atoms with Crippen LogP contribution in [0.5, 0.6) is 0 Å². The number of thiazole rings is 1. The van der Waals surface area contributed by atoms with Crippen molar-refractivity contribution >= 4 is 33.1 Å². The van der Waals surface area contributed by atoms with Gasteiger partial charge in [-0.25, -0.2) is 4.98 Å². The van der Waals surface area contributed by atoms with Crippen molar-refractivity contribution in [2.45, 2.75) is 0 Å². The summed E-state index contributed by atoms with van der Waals surface area (Å²) in [6.07, 6.45) is 6.63. The number of rotatable bonds is 1. The Hall–Kier alpha value is -2.54. The predicted octanol–water partition coefficient (Wildman–Crippen LogP) is 1.72. The SMILES string of the molecule is O=c1c2cnc3ccncc3c2[nH]n1-c1nccs1. The van der Waals surface area contributed by atoms with E-state index in [4.69, 9.17) is 0 Å². The van der Waals surface area contributed by atoms with E-state index in [-0.39, 0.29) is 5.56 Å². The van der Waals surface area contributed by atoms with E-state index < -0.39 is 0 Å². The number of hydrogen-bond acceptors (Lipinski definition) is 5. The van der Waals surface area contributed by atoms with Crippen molar-refractivity contribution in [3.8, 4) is 5.13 Å². The molecule has 0 bridgehead atoms. The van der Waals surface area contributed by atoms with Crippen molar-refractivity contribution in [1.82, 2.24) is 24.7 Å². The van der Waals surface area contributed by atoms with Crippen LogP contribution in [0.4, 0.5) is 0 Å². The fourth-order valence-electron chi connectivity index (χ4n) is 2.06. The van der Waals surface area contributed by atoms with E-state index in [9.17, 15) is 4.79 Å². The number of aromatic nitrogens is 5. The summed E-state index contributed by atoms with van der Waals surface area (Å²) in [5.41, 5.74) is 1.39. The largest absolute Gasteiger partial charge is 0.287 e. The van der Waals surface area contributed by atoms with Crippen LogP contribution < -0.4 is 5.56 Å². The van der Waals surface area contributed by atoms with Crippen molar-refractivity contribution in [2.24, 2.45) is 0 Å². The van der Waals surface area contributed by atoms with E-state index in [1.165, 1.54) is 16.0 Å². The maximum absolute atomic E-state index is 12.3. The van der Waals surface area contributed by atoms with Gasteiger partial charge in [-0.05, 0) is 6.07 Å². The predicted molar refractivity (Wildman–Crippen MR) is 72.7 cm³/mol. The molecule has 0 unspecified atom stereocenters. The molecule has 4 rings (SSSR count). The molecule has 0 aliphatic rings. The summed E-state index contributed by atoms with van der Waals surface area (Å²) in [7, 11) is 0. The van der Waals surface area contributed by atoms with Crippen LogP contribution in [0.15, 0.2) is 41.0 Å². The topological polar surface area (TPSA) is 76.5 Å². The van der Waals surface area contributed by atoms with Crippen LogP contribution in [0, 0.1) is 0 Å². The Labute approximate surface area is 110 Å². The highest BCUT2D eigenvalue weighted by molar-refractivity contribution is 7.12. The first-order valence-electron chi connectivity index (χ1n) is 5.58. The van der Waals surface area contributed by atoms with Crippen molar-refractivity contribution in [1.29, 1.82) is 0 Å². The molecule has 0 aliphatic carbocycles. The fourth-order valence-corrected chi connectivity index (χ4v) is 2.66. The molecule has 0 atom stereocenters. The molecule has 7 heteroatoms. The highest BCUT2D eigenvalue weighted by Gasteiger charge is 2.12. The van der Waals surface area contributed by atoms with Crippen molar-refractivity contribution in [2.75, 3.05) is 0 Å². The second kappa shape index (κ2) is 3.72. The van der Waals surface area contributed by atoms with Crippen molar-refractivity contribution < 1.29 is 0 Å². The lowest BCUT2D eigenvalue weighted by atomic mass is 10.2. The fraction of sp³-hybridized carbons (Fsp3) is 0. The van der Waals surface area contributed by atoms with E-state index in [1.54, 1.807) is 24.8 Å². The molecule has 0 saturated heterocycles. The standard InChI is InChI=1S/C12H7N5OS/c18-11-8-6-15-9-1-2-13-5-7(9)10(8)16-17(11)12-14-3-4-19-12/h1-6,16H. The molecule has 6 nitrogen and oxygen atoms in total. The summed E-state index contributed by atoms with van der Waals surface area (Å²) in [5.74, 6) is 0. The molecule has 4 heterocycles. The lowest BCUT2D eigenvalue weighted by molar-refractivity contribution is 0.854. The van der Waals surface area contributed by atoms with Gasteiger partial charge in [0.05, 0.1) is 16.4 Å². The van der Waals surface area contributed by atoms with Crippen LogP contribution in [0.25, 0.3) is 26.9 Å². The lowest BCUT2D eigenvalue weighted by Gasteiger charge is -1.96. The van der Waals surface area contributed by atoms with Crippen LogP contribution in [-0.2, 0) is 0 Å². The number of pyridine rings is 2. The van der Waals surface area contributed by atoms with Gasteiger partial charge in [0.2, 0.25) is 5.13 Å². The van der Waals surface area contributed by atoms with Crippen LogP contribution >= 0.6 is 11.3 Å². The highest BCUT2D eigenvalue weighted by Crippen LogP contribution is 2.19. The van der Waals surface area contributed by atoms with E-state index in [0.717, 1.165) is 16.4 Å². The van der Waals surface area contributed by atoms with Crippen LogP contribution in [0.3, 0.4) is 0 Å². The lowest BCUT2D eigenvalue weighted by Crippen LogP contribution is -2.13. The number of aromatic amines is 1. The molecule has 0 amide bonds. The first kappa shape index (κ1) is 10.4. The van der Waals surface area contributed by atoms with Gasteiger partial charge in [0.25, 0.3) is 5.56 Å². The third-order valence-corrected chi connectivity index (χ3v) is 3.69. The van der Waals surface area contributed by atoms with Crippen LogP contribution in [-0.4, -0.2) is 24.7 Å². The first-order chi connectivity index (χ1) is 9.34. The third-order valence-electron chi connectivity index (χ3n) is 2.94. The number of H-pyrrole nitrogens is 1. The van der Waals surface area contributed by atoms with Crippen molar-refractivity contribution in [3.05, 3.63) is 46.6 Å². The molecule has 0 fully saturated rings. The summed E-state index contributed by atoms with van der Waals surface area (Å²) in [5, 5.41) is 6.88. The molecule has 0 aliphatic heterocycles. The quantitative estimate of drug-likeness (QED) is 0.571. The summed E-state index contributed by atoms with van der Waals surface area (Å²) in [6, 6.07) is 1.81. The molecule has 0 aromatic carbocycles. The van der Waals surface area contributed by atoms with E-state index >= 15 is 0 Å². The van der Waals surface area contributed by atoms with Gasteiger partial charge in [-0.15, -0.1) is 11.3 Å². The minimum Gasteiger partial charge on any atom is -0.287 e. The molecule has 4 aromatic rings. The molecular weight excluding hydrogens is 262 g/mol. The second-order valence-corrected chi connectivity index (χ2v) is 4.88. The van der Waals surface area contributed by atoms with Crippen molar-refractivity contribution in [3.63, 3.8) is 0 Å². The van der Waals surface area contributed by atoms with Gasteiger partial charge in [-0.2, -0.15) is 4.68 Å². The van der Waals surface area contributed by atoms with Gasteiger partial charge in [0.1, 0.15) is 0 Å². The minimum atomic E-state index is -0.150. The second-order valence-electron chi connectivity index (χ2n) is 4.01. The molecule has 92 valence electrons. The molecule has 19 heavy (non-hydrogen) atoms. The van der Waals surface area contributed by atoms with Crippen LogP contribution in [0.2, 0.25) is 0 Å². The normalized spacial score (nSPS) is 11.4. The summed E-state index contributed by atoms with van der Waals surface area (Å²) < 4.78 is 1.43. The average Bonchev–Trinajstić information content (AvgIpc) is 3.07. The average molecular weight is 269 g/mol. The highest BCUT2D eigenvalue weighted by atomic mass is 32.1. The third kappa shape index (κ3) is 1.42. The first-order valence-corrected chi connectivity index (χ1v) is 6.46. The number of nitrogens with zero attached hydrogens (tertiary/aromatic N) is 4. The van der Waals surface area contributed by atoms with Crippen LogP contribution in [0.1, 0.15) is 0 Å². The summed E-state index contributed by atoms with van der Waals surface area (Å²) >= 11 is 1.40. The monoisotopic (exact) mass is 269 g/mol. The summed E-state index contributed by atoms with van der Waals surface area (Å²) in [6.45, 7) is 0. The minimum absolute atomic E-state index is 0.150. The molecule has 1 N–H and O–H groups in total. The Morgan fingerprint density at radius 2 is 2.11 bits per heavy atom. The zero-order chi connectivity index (χ0) is 12.8. The Bertz CT molecular complexity index is 938. The smallest absolute Gasteiger partial charge is 0.282 e. The maximum atomic E-state index is 12.3. The molecule has 0 spiro atoms. The molecule has 0 saturated carbocycles. The summed E-state index contributed by atoms with van der Waals surface area (Å²) in [4.78, 5) is 24.8. The van der Waals surface area contributed by atoms with Gasteiger partial charge in [0.15, 0.2) is 0 Å². The van der Waals surface area contributed by atoms with E-state index in [2.05, 4.69) is 20.1 Å². The van der Waals surface area contributed by atoms with Gasteiger partial charge in [-0.3, -0.25) is 19.9 Å². The Balaban J connectivity index is 2.17. The van der Waals surface area contributed by atoms with E-state index in [0.29, 0.717) is 10.5 Å². The van der Waals surface area contributed by atoms with Gasteiger partial charge >= 0.3 is 0 Å².